The van der Waals surface area contributed by atoms with Crippen LogP contribution < -0.4 is 0 Å². The van der Waals surface area contributed by atoms with Crippen LogP contribution in [-0.2, 0) is 12.4 Å². The number of fused-ring (bicyclic) bond motifs is 2. The maximum absolute atomic E-state index is 13.0. The Labute approximate surface area is 109 Å². The van der Waals surface area contributed by atoms with E-state index in [-0.39, 0.29) is 28.3 Å². The number of halogens is 6. The number of rotatable bonds is 0. The molecule has 0 fully saturated rings. The van der Waals surface area contributed by atoms with E-state index in [1.54, 1.807) is 0 Å². The molecule has 2 aliphatic rings. The van der Waals surface area contributed by atoms with Crippen molar-refractivity contribution in [3.8, 4) is 22.3 Å². The van der Waals surface area contributed by atoms with Gasteiger partial charge in [-0.1, -0.05) is 24.3 Å². The van der Waals surface area contributed by atoms with Crippen molar-refractivity contribution >= 4 is 0 Å². The second kappa shape index (κ2) is 3.77. The zero-order valence-electron chi connectivity index (χ0n) is 9.73. The van der Waals surface area contributed by atoms with E-state index in [9.17, 15) is 26.3 Å². The third-order valence-corrected chi connectivity index (χ3v) is 3.28. The second-order valence-electron chi connectivity index (χ2n) is 4.52. The molecule has 0 saturated carbocycles. The minimum absolute atomic E-state index is 0.199. The van der Waals surface area contributed by atoms with Gasteiger partial charge in [0, 0.05) is 0 Å². The molecule has 2 aliphatic carbocycles. The number of hydrogen-bond donors (Lipinski definition) is 0. The van der Waals surface area contributed by atoms with Crippen LogP contribution in [0.25, 0.3) is 22.3 Å². The molecule has 0 radical (unpaired) electrons. The molecule has 4 rings (SSSR count). The van der Waals surface area contributed by atoms with Crippen LogP contribution in [-0.4, -0.2) is 0 Å². The highest BCUT2D eigenvalue weighted by atomic mass is 19.4. The quantitative estimate of drug-likeness (QED) is 0.488. The summed E-state index contributed by atoms with van der Waals surface area (Å²) in [4.78, 5) is 0. The largest absolute Gasteiger partial charge is 0.417 e. The third-order valence-electron chi connectivity index (χ3n) is 3.28. The van der Waals surface area contributed by atoms with E-state index in [0.717, 1.165) is 6.07 Å². The van der Waals surface area contributed by atoms with Crippen LogP contribution in [0.2, 0.25) is 0 Å². The zero-order chi connectivity index (χ0) is 14.7. The van der Waals surface area contributed by atoms with E-state index in [1.807, 2.05) is 0 Å². The molecule has 0 N–H and O–H groups in total. The van der Waals surface area contributed by atoms with E-state index in [1.165, 1.54) is 24.3 Å². The van der Waals surface area contributed by atoms with E-state index >= 15 is 0 Å². The van der Waals surface area contributed by atoms with Crippen molar-refractivity contribution in [1.82, 2.24) is 0 Å². The molecule has 0 unspecified atom stereocenters. The molecular formula is C14H6F6. The molecule has 0 nitrogen and oxygen atoms in total. The molecular weight excluding hydrogens is 282 g/mol. The Balaban J connectivity index is 2.42. The van der Waals surface area contributed by atoms with Crippen molar-refractivity contribution in [3.63, 3.8) is 0 Å². The van der Waals surface area contributed by atoms with Gasteiger partial charge in [0.1, 0.15) is 0 Å². The molecule has 2 aromatic carbocycles. The Hall–Kier alpha value is -1.98. The van der Waals surface area contributed by atoms with Crippen LogP contribution >= 0.6 is 0 Å². The fourth-order valence-corrected chi connectivity index (χ4v) is 2.38. The van der Waals surface area contributed by atoms with E-state index in [2.05, 4.69) is 0 Å². The average molecular weight is 288 g/mol. The first-order chi connectivity index (χ1) is 9.18. The molecule has 0 saturated heterocycles. The van der Waals surface area contributed by atoms with Gasteiger partial charge in [-0.05, 0) is 34.4 Å². The summed E-state index contributed by atoms with van der Waals surface area (Å²) in [7, 11) is 0. The van der Waals surface area contributed by atoms with Gasteiger partial charge in [-0.2, -0.15) is 26.3 Å². The standard InChI is InChI=1S/C14H6F6/c15-13(16,17)11-6-12(14(18,19)20)10-5-9(11)7-1-2-8(10)4-3-7/h1-6H. The highest BCUT2D eigenvalue weighted by Crippen LogP contribution is 2.47. The first-order valence-corrected chi connectivity index (χ1v) is 5.61. The first kappa shape index (κ1) is 13.0. The smallest absolute Gasteiger partial charge is 0.166 e. The van der Waals surface area contributed by atoms with E-state index in [4.69, 9.17) is 0 Å². The van der Waals surface area contributed by atoms with Gasteiger partial charge in [0.05, 0.1) is 11.1 Å². The number of alkyl halides is 6. The molecule has 6 heteroatoms. The van der Waals surface area contributed by atoms with Crippen molar-refractivity contribution in [1.29, 1.82) is 0 Å². The molecule has 104 valence electrons. The van der Waals surface area contributed by atoms with Crippen LogP contribution in [0.15, 0.2) is 36.4 Å². The van der Waals surface area contributed by atoms with Crippen LogP contribution in [0.5, 0.6) is 0 Å². The normalized spacial score (nSPS) is 13.5. The monoisotopic (exact) mass is 288 g/mol. The van der Waals surface area contributed by atoms with Crippen molar-refractivity contribution < 1.29 is 26.3 Å². The molecule has 0 aromatic heterocycles. The SMILES string of the molecule is FC(F)(F)c1cc(C(F)(F)F)c2cc1-c1ccc-2cc1. The molecule has 0 aliphatic heterocycles. The summed E-state index contributed by atoms with van der Waals surface area (Å²) in [6, 6.07) is 6.75. The van der Waals surface area contributed by atoms with Crippen LogP contribution in [0.4, 0.5) is 26.3 Å². The van der Waals surface area contributed by atoms with E-state index in [0.29, 0.717) is 0 Å². The second-order valence-corrected chi connectivity index (χ2v) is 4.52. The van der Waals surface area contributed by atoms with Crippen LogP contribution in [0, 0.1) is 0 Å². The number of hydrogen-bond acceptors (Lipinski definition) is 0. The van der Waals surface area contributed by atoms with Gasteiger partial charge < -0.3 is 0 Å². The van der Waals surface area contributed by atoms with Crippen LogP contribution in [0.3, 0.4) is 0 Å². The molecule has 0 atom stereocenters. The van der Waals surface area contributed by atoms with Gasteiger partial charge in [-0.15, -0.1) is 0 Å². The lowest BCUT2D eigenvalue weighted by Gasteiger charge is -2.17. The van der Waals surface area contributed by atoms with Gasteiger partial charge in [0.25, 0.3) is 0 Å². The Morgan fingerprint density at radius 3 is 1.20 bits per heavy atom. The predicted molar refractivity (Wildman–Crippen MR) is 60.9 cm³/mol. The first-order valence-electron chi connectivity index (χ1n) is 5.61. The van der Waals surface area contributed by atoms with Crippen molar-refractivity contribution in [2.24, 2.45) is 0 Å². The summed E-state index contributed by atoms with van der Waals surface area (Å²) in [5, 5.41) is 0. The Morgan fingerprint density at radius 1 is 0.550 bits per heavy atom. The fourth-order valence-electron chi connectivity index (χ4n) is 2.38. The molecule has 2 aromatic rings. The minimum atomic E-state index is -4.84. The highest BCUT2D eigenvalue weighted by molar-refractivity contribution is 5.83. The Kier molecular flexibility index (Phi) is 2.46. The topological polar surface area (TPSA) is 0 Å². The average Bonchev–Trinajstić information content (AvgIpc) is 2.55. The summed E-state index contributed by atoms with van der Waals surface area (Å²) >= 11 is 0. The zero-order valence-corrected chi connectivity index (χ0v) is 9.73. The Morgan fingerprint density at radius 2 is 0.900 bits per heavy atom. The molecule has 4 bridgehead atoms. The van der Waals surface area contributed by atoms with Gasteiger partial charge >= 0.3 is 12.4 Å². The van der Waals surface area contributed by atoms with Gasteiger partial charge in [0.2, 0.25) is 0 Å². The highest BCUT2D eigenvalue weighted by Gasteiger charge is 2.41. The van der Waals surface area contributed by atoms with Gasteiger partial charge in [-0.25, -0.2) is 0 Å². The van der Waals surface area contributed by atoms with E-state index < -0.39 is 23.5 Å². The van der Waals surface area contributed by atoms with Crippen molar-refractivity contribution in [2.45, 2.75) is 12.4 Å². The summed E-state index contributed by atoms with van der Waals surface area (Å²) < 4.78 is 77.9. The minimum Gasteiger partial charge on any atom is -0.166 e. The van der Waals surface area contributed by atoms with Gasteiger partial charge in [-0.3, -0.25) is 0 Å². The van der Waals surface area contributed by atoms with Crippen molar-refractivity contribution in [2.75, 3.05) is 0 Å². The lowest BCUT2D eigenvalue weighted by molar-refractivity contribution is -0.142. The van der Waals surface area contributed by atoms with Gasteiger partial charge in [0.15, 0.2) is 0 Å². The molecule has 20 heavy (non-hydrogen) atoms. The Bertz CT molecular complexity index is 620. The summed E-state index contributed by atoms with van der Waals surface area (Å²) in [6.45, 7) is 0. The predicted octanol–water partition coefficient (Wildman–Crippen LogP) is 5.37. The molecule has 0 heterocycles. The van der Waals surface area contributed by atoms with Crippen LogP contribution in [0.1, 0.15) is 11.1 Å². The van der Waals surface area contributed by atoms with Crippen molar-refractivity contribution in [3.05, 3.63) is 47.5 Å². The molecule has 0 spiro atoms. The summed E-state index contributed by atoms with van der Waals surface area (Å²) in [6.07, 6.45) is -9.68. The lowest BCUT2D eigenvalue weighted by atomic mass is 9.95. The third kappa shape index (κ3) is 1.87. The summed E-state index contributed by atoms with van der Waals surface area (Å²) in [5.74, 6) is 0. The maximum Gasteiger partial charge on any atom is 0.417 e. The summed E-state index contributed by atoms with van der Waals surface area (Å²) in [5.41, 5.74) is -2.45. The fraction of sp³-hybridized carbons (Fsp3) is 0.143. The number of benzene rings is 2. The lowest BCUT2D eigenvalue weighted by Crippen LogP contribution is -2.13. The maximum atomic E-state index is 13.0. The molecule has 0 amide bonds.